The Kier molecular flexibility index (Phi) is 5.99. The third kappa shape index (κ3) is 3.55. The van der Waals surface area contributed by atoms with Gasteiger partial charge in [0.05, 0.1) is 26.3 Å². The molecule has 0 spiro atoms. The summed E-state index contributed by atoms with van der Waals surface area (Å²) in [5, 5.41) is 0. The number of para-hydroxylation sites is 2. The standard InChI is InChI=1S/C30H30N2O6/c1-31-17-23(30(29(34)36-3)18-37-24-12-8-7-11-22(24)27(30)31)25-26(38-21-9-5-4-6-10-21)28(33)32(25)19-13-15-20(35-2)16-14-19/h4-16,23,25-27H,17-18H2,1-3H3/t23-,25-,26-,27-,30+/m0/s1. The molecule has 3 aromatic carbocycles. The van der Waals surface area contributed by atoms with Crippen molar-refractivity contribution in [3.05, 3.63) is 84.4 Å². The SMILES string of the molecule is COC(=O)[C@@]12COc3ccccc3[C@@H]1N(C)C[C@H]2[C@H]1[C@H](Oc2ccccc2)C(=O)N1c1ccc(OC)cc1. The van der Waals surface area contributed by atoms with Crippen molar-refractivity contribution >= 4 is 17.6 Å². The van der Waals surface area contributed by atoms with Crippen LogP contribution in [0.2, 0.25) is 0 Å². The molecule has 0 N–H and O–H groups in total. The molecule has 196 valence electrons. The highest BCUT2D eigenvalue weighted by Gasteiger charge is 2.69. The molecule has 2 saturated heterocycles. The second kappa shape index (κ2) is 9.36. The van der Waals surface area contributed by atoms with E-state index in [0.717, 1.165) is 17.0 Å². The van der Waals surface area contributed by atoms with Crippen LogP contribution in [0.25, 0.3) is 0 Å². The molecule has 0 bridgehead atoms. The second-order valence-electron chi connectivity index (χ2n) is 10.1. The number of hydrogen-bond acceptors (Lipinski definition) is 7. The van der Waals surface area contributed by atoms with Crippen LogP contribution in [0.1, 0.15) is 11.6 Å². The summed E-state index contributed by atoms with van der Waals surface area (Å²) >= 11 is 0. The van der Waals surface area contributed by atoms with Gasteiger partial charge in [0, 0.05) is 23.7 Å². The summed E-state index contributed by atoms with van der Waals surface area (Å²) in [6.45, 7) is 0.701. The Hall–Kier alpha value is -4.04. The Balaban J connectivity index is 1.46. The Morgan fingerprint density at radius 1 is 0.947 bits per heavy atom. The van der Waals surface area contributed by atoms with E-state index in [4.69, 9.17) is 18.9 Å². The number of carbonyl (C=O) groups excluding carboxylic acids is 2. The summed E-state index contributed by atoms with van der Waals surface area (Å²) in [4.78, 5) is 31.4. The van der Waals surface area contributed by atoms with Crippen LogP contribution in [0.3, 0.4) is 0 Å². The molecule has 5 atom stereocenters. The van der Waals surface area contributed by atoms with Crippen molar-refractivity contribution in [3.63, 3.8) is 0 Å². The molecule has 3 aliphatic heterocycles. The number of hydrogen-bond donors (Lipinski definition) is 0. The highest BCUT2D eigenvalue weighted by Crippen LogP contribution is 2.58. The van der Waals surface area contributed by atoms with Gasteiger partial charge in [-0.05, 0) is 49.5 Å². The summed E-state index contributed by atoms with van der Waals surface area (Å²) in [6, 6.07) is 23.8. The van der Waals surface area contributed by atoms with Crippen molar-refractivity contribution in [1.29, 1.82) is 0 Å². The third-order valence-corrected chi connectivity index (χ3v) is 8.18. The molecule has 2 fully saturated rings. The van der Waals surface area contributed by atoms with Gasteiger partial charge in [-0.1, -0.05) is 36.4 Å². The van der Waals surface area contributed by atoms with E-state index >= 15 is 0 Å². The monoisotopic (exact) mass is 514 g/mol. The Morgan fingerprint density at radius 2 is 1.66 bits per heavy atom. The summed E-state index contributed by atoms with van der Waals surface area (Å²) < 4.78 is 23.3. The minimum Gasteiger partial charge on any atom is -0.497 e. The van der Waals surface area contributed by atoms with Crippen LogP contribution in [-0.4, -0.2) is 63.3 Å². The molecular weight excluding hydrogens is 484 g/mol. The summed E-state index contributed by atoms with van der Waals surface area (Å²) in [6.07, 6.45) is -0.768. The number of carbonyl (C=O) groups is 2. The zero-order valence-electron chi connectivity index (χ0n) is 21.6. The number of ether oxygens (including phenoxy) is 4. The summed E-state index contributed by atoms with van der Waals surface area (Å²) in [5.41, 5.74) is 0.625. The number of β-lactam (4-membered cyclic amide) rings is 1. The third-order valence-electron chi connectivity index (χ3n) is 8.18. The van der Waals surface area contributed by atoms with Gasteiger partial charge in [-0.3, -0.25) is 14.5 Å². The van der Waals surface area contributed by atoms with Crippen LogP contribution >= 0.6 is 0 Å². The van der Waals surface area contributed by atoms with Gasteiger partial charge in [-0.2, -0.15) is 0 Å². The van der Waals surface area contributed by atoms with E-state index in [1.807, 2.05) is 85.9 Å². The number of benzene rings is 3. The zero-order chi connectivity index (χ0) is 26.4. The number of anilines is 1. The first-order chi connectivity index (χ1) is 18.5. The molecule has 0 saturated carbocycles. The van der Waals surface area contributed by atoms with Crippen molar-refractivity contribution < 1.29 is 28.5 Å². The summed E-state index contributed by atoms with van der Waals surface area (Å²) in [5.74, 6) is 1.22. The average molecular weight is 515 g/mol. The number of amides is 1. The molecule has 0 unspecified atom stereocenters. The van der Waals surface area contributed by atoms with E-state index in [0.29, 0.717) is 18.0 Å². The maximum absolute atomic E-state index is 13.8. The number of likely N-dealkylation sites (tertiary alicyclic amines) is 1. The van der Waals surface area contributed by atoms with Crippen LogP contribution in [0.5, 0.6) is 17.2 Å². The Morgan fingerprint density at radius 3 is 2.37 bits per heavy atom. The van der Waals surface area contributed by atoms with Crippen LogP contribution in [0, 0.1) is 11.3 Å². The van der Waals surface area contributed by atoms with Gasteiger partial charge in [0.25, 0.3) is 5.91 Å². The van der Waals surface area contributed by atoms with Crippen molar-refractivity contribution in [3.8, 4) is 17.2 Å². The smallest absolute Gasteiger partial charge is 0.317 e. The first kappa shape index (κ1) is 24.3. The van der Waals surface area contributed by atoms with Gasteiger partial charge in [0.15, 0.2) is 6.10 Å². The van der Waals surface area contributed by atoms with Gasteiger partial charge >= 0.3 is 5.97 Å². The fourth-order valence-electron chi connectivity index (χ4n) is 6.52. The molecule has 3 heterocycles. The predicted octanol–water partition coefficient (Wildman–Crippen LogP) is 3.71. The van der Waals surface area contributed by atoms with Crippen molar-refractivity contribution in [1.82, 2.24) is 4.90 Å². The van der Waals surface area contributed by atoms with Crippen LogP contribution < -0.4 is 19.1 Å². The predicted molar refractivity (Wildman–Crippen MR) is 140 cm³/mol. The lowest BCUT2D eigenvalue weighted by atomic mass is 9.64. The largest absolute Gasteiger partial charge is 0.497 e. The van der Waals surface area contributed by atoms with E-state index in [2.05, 4.69) is 4.90 Å². The van der Waals surface area contributed by atoms with E-state index in [1.165, 1.54) is 7.11 Å². The minimum atomic E-state index is -1.04. The van der Waals surface area contributed by atoms with Gasteiger partial charge in [0.2, 0.25) is 0 Å². The fraction of sp³-hybridized carbons (Fsp3) is 0.333. The van der Waals surface area contributed by atoms with E-state index in [9.17, 15) is 9.59 Å². The number of fused-ring (bicyclic) bond motifs is 3. The molecule has 6 rings (SSSR count). The van der Waals surface area contributed by atoms with Gasteiger partial charge in [-0.15, -0.1) is 0 Å². The second-order valence-corrected chi connectivity index (χ2v) is 10.1. The zero-order valence-corrected chi connectivity index (χ0v) is 21.6. The maximum Gasteiger partial charge on any atom is 0.317 e. The lowest BCUT2D eigenvalue weighted by molar-refractivity contribution is -0.165. The molecule has 8 nitrogen and oxygen atoms in total. The molecule has 0 radical (unpaired) electrons. The lowest BCUT2D eigenvalue weighted by Gasteiger charge is -2.53. The van der Waals surface area contributed by atoms with Crippen molar-refractivity contribution in [2.24, 2.45) is 11.3 Å². The van der Waals surface area contributed by atoms with E-state index in [1.54, 1.807) is 12.0 Å². The van der Waals surface area contributed by atoms with Crippen molar-refractivity contribution in [2.75, 3.05) is 39.3 Å². The Bertz CT molecular complexity index is 1350. The molecule has 0 aromatic heterocycles. The lowest BCUT2D eigenvalue weighted by Crippen LogP contribution is -2.73. The van der Waals surface area contributed by atoms with E-state index < -0.39 is 17.6 Å². The number of esters is 1. The molecule has 0 aliphatic carbocycles. The molecular formula is C30H30N2O6. The molecule has 1 amide bonds. The number of rotatable bonds is 6. The van der Waals surface area contributed by atoms with E-state index in [-0.39, 0.29) is 30.4 Å². The van der Waals surface area contributed by atoms with Crippen molar-refractivity contribution in [2.45, 2.75) is 18.2 Å². The van der Waals surface area contributed by atoms with Gasteiger partial charge in [-0.25, -0.2) is 0 Å². The van der Waals surface area contributed by atoms with Crippen LogP contribution in [0.15, 0.2) is 78.9 Å². The maximum atomic E-state index is 13.8. The quantitative estimate of drug-likeness (QED) is 0.367. The number of methoxy groups -OCH3 is 2. The average Bonchev–Trinajstić information content (AvgIpc) is 3.27. The molecule has 38 heavy (non-hydrogen) atoms. The molecule has 3 aliphatic rings. The minimum absolute atomic E-state index is 0.148. The molecule has 3 aromatic rings. The first-order valence-corrected chi connectivity index (χ1v) is 12.7. The van der Waals surface area contributed by atoms with Gasteiger partial charge in [0.1, 0.15) is 29.3 Å². The van der Waals surface area contributed by atoms with Crippen LogP contribution in [-0.2, 0) is 14.3 Å². The number of nitrogens with zero attached hydrogens (tertiary/aromatic N) is 2. The molecule has 8 heteroatoms. The van der Waals surface area contributed by atoms with Gasteiger partial charge < -0.3 is 23.8 Å². The normalized spacial score (nSPS) is 28.0. The van der Waals surface area contributed by atoms with Crippen LogP contribution in [0.4, 0.5) is 5.69 Å². The summed E-state index contributed by atoms with van der Waals surface area (Å²) in [7, 11) is 5.02. The fourth-order valence-corrected chi connectivity index (χ4v) is 6.52. The highest BCUT2D eigenvalue weighted by molar-refractivity contribution is 6.05. The topological polar surface area (TPSA) is 77.5 Å². The highest BCUT2D eigenvalue weighted by atomic mass is 16.5. The first-order valence-electron chi connectivity index (χ1n) is 12.7. The Labute approximate surface area is 221 Å².